The second kappa shape index (κ2) is 6.35. The zero-order chi connectivity index (χ0) is 18.8. The first kappa shape index (κ1) is 18.2. The molecule has 8 atom stereocenters. The summed E-state index contributed by atoms with van der Waals surface area (Å²) in [5, 5.41) is 11.1. The second-order valence-corrected chi connectivity index (χ2v) is 11.0. The standard InChI is InChI=1S/C25H36O2/c1-16(26)22-7-8-23-21-6-5-18-15-25(27,13-9-17-3-4-17)14-11-19(18)20(21)10-12-24(22,23)2/h17-23,27H,3-8,10-12,14-15H2,1-2H3/t18-,19+,20-,21-,22-,23+,24-,25+/m1/s1. The topological polar surface area (TPSA) is 37.3 Å². The Labute approximate surface area is 164 Å². The summed E-state index contributed by atoms with van der Waals surface area (Å²) < 4.78 is 0. The molecule has 0 aromatic heterocycles. The van der Waals surface area contributed by atoms with Crippen molar-refractivity contribution >= 4 is 5.78 Å². The Morgan fingerprint density at radius 3 is 2.44 bits per heavy atom. The van der Waals surface area contributed by atoms with E-state index in [4.69, 9.17) is 0 Å². The molecule has 0 heterocycles. The number of aliphatic hydroxyl groups is 1. The molecule has 5 aliphatic carbocycles. The minimum absolute atomic E-state index is 0.269. The summed E-state index contributed by atoms with van der Waals surface area (Å²) in [4.78, 5) is 12.2. The van der Waals surface area contributed by atoms with E-state index in [1.54, 1.807) is 0 Å². The van der Waals surface area contributed by atoms with Crippen molar-refractivity contribution < 1.29 is 9.90 Å². The van der Waals surface area contributed by atoms with Gasteiger partial charge in [0.25, 0.3) is 0 Å². The molecule has 0 bridgehead atoms. The van der Waals surface area contributed by atoms with Crippen LogP contribution in [0.2, 0.25) is 0 Å². The maximum Gasteiger partial charge on any atom is 0.133 e. The number of hydrogen-bond acceptors (Lipinski definition) is 2. The van der Waals surface area contributed by atoms with Crippen molar-refractivity contribution in [3.8, 4) is 11.8 Å². The van der Waals surface area contributed by atoms with Gasteiger partial charge < -0.3 is 5.11 Å². The Hall–Kier alpha value is -0.810. The summed E-state index contributed by atoms with van der Waals surface area (Å²) in [6, 6.07) is 0. The van der Waals surface area contributed by atoms with Crippen molar-refractivity contribution in [2.75, 3.05) is 0 Å². The largest absolute Gasteiger partial charge is 0.378 e. The van der Waals surface area contributed by atoms with Gasteiger partial charge in [-0.25, -0.2) is 0 Å². The molecule has 5 rings (SSSR count). The second-order valence-electron chi connectivity index (χ2n) is 11.0. The van der Waals surface area contributed by atoms with E-state index in [-0.39, 0.29) is 5.41 Å². The van der Waals surface area contributed by atoms with Gasteiger partial charge in [-0.1, -0.05) is 18.8 Å². The highest BCUT2D eigenvalue weighted by Gasteiger charge is 2.58. The monoisotopic (exact) mass is 368 g/mol. The van der Waals surface area contributed by atoms with Gasteiger partial charge in [-0.15, -0.1) is 0 Å². The van der Waals surface area contributed by atoms with Gasteiger partial charge in [0.05, 0.1) is 0 Å². The molecule has 27 heavy (non-hydrogen) atoms. The Bertz CT molecular complexity index is 682. The van der Waals surface area contributed by atoms with Gasteiger partial charge in [-0.2, -0.15) is 0 Å². The van der Waals surface area contributed by atoms with Crippen molar-refractivity contribution in [1.82, 2.24) is 0 Å². The van der Waals surface area contributed by atoms with Gasteiger partial charge in [0.1, 0.15) is 11.4 Å². The predicted octanol–water partition coefficient (Wildman–Crippen LogP) is 4.99. The van der Waals surface area contributed by atoms with Gasteiger partial charge in [-0.05, 0) is 113 Å². The van der Waals surface area contributed by atoms with E-state index in [0.29, 0.717) is 23.5 Å². The molecule has 0 spiro atoms. The van der Waals surface area contributed by atoms with Crippen LogP contribution in [-0.2, 0) is 4.79 Å². The lowest BCUT2D eigenvalue weighted by atomic mass is 9.49. The highest BCUT2D eigenvalue weighted by Crippen LogP contribution is 2.64. The highest BCUT2D eigenvalue weighted by atomic mass is 16.3. The quantitative estimate of drug-likeness (QED) is 0.662. The van der Waals surface area contributed by atoms with Gasteiger partial charge in [0.15, 0.2) is 0 Å². The lowest BCUT2D eigenvalue weighted by Gasteiger charge is -2.56. The number of Topliss-reactive ketones (excluding diaryl/α,β-unsaturated/α-hetero) is 1. The summed E-state index contributed by atoms with van der Waals surface area (Å²) >= 11 is 0. The number of carbonyl (C=O) groups is 1. The van der Waals surface area contributed by atoms with E-state index >= 15 is 0 Å². The van der Waals surface area contributed by atoms with Crippen molar-refractivity contribution in [1.29, 1.82) is 0 Å². The lowest BCUT2D eigenvalue weighted by molar-refractivity contribution is -0.129. The van der Waals surface area contributed by atoms with Gasteiger partial charge >= 0.3 is 0 Å². The van der Waals surface area contributed by atoms with Crippen LogP contribution in [0.5, 0.6) is 0 Å². The molecular formula is C25H36O2. The van der Waals surface area contributed by atoms with Gasteiger partial charge in [0.2, 0.25) is 0 Å². The molecule has 0 amide bonds. The third kappa shape index (κ3) is 3.00. The zero-order valence-corrected chi connectivity index (χ0v) is 17.2. The number of rotatable bonds is 1. The fourth-order valence-corrected chi connectivity index (χ4v) is 8.12. The number of fused-ring (bicyclic) bond motifs is 5. The first-order valence-corrected chi connectivity index (χ1v) is 11.7. The van der Waals surface area contributed by atoms with Crippen LogP contribution in [0.3, 0.4) is 0 Å². The minimum Gasteiger partial charge on any atom is -0.378 e. The molecule has 0 aromatic carbocycles. The SMILES string of the molecule is CC(=O)[C@H]1CC[C@H]2[C@@H]3CC[C@@H]4C[C@](O)(C#CC5CC5)CC[C@@H]4[C@H]3CC[C@]12C. The van der Waals surface area contributed by atoms with Crippen molar-refractivity contribution in [3.63, 3.8) is 0 Å². The summed E-state index contributed by atoms with van der Waals surface area (Å²) in [7, 11) is 0. The third-order valence-electron chi connectivity index (χ3n) is 9.59. The molecule has 2 nitrogen and oxygen atoms in total. The molecule has 5 saturated carbocycles. The normalized spacial score (nSPS) is 51.4. The van der Waals surface area contributed by atoms with Crippen LogP contribution in [0.15, 0.2) is 0 Å². The Kier molecular flexibility index (Phi) is 4.29. The smallest absolute Gasteiger partial charge is 0.133 e. The maximum absolute atomic E-state index is 12.2. The molecule has 1 N–H and O–H groups in total. The van der Waals surface area contributed by atoms with E-state index in [1.807, 2.05) is 6.92 Å². The van der Waals surface area contributed by atoms with E-state index < -0.39 is 5.60 Å². The molecule has 0 aliphatic heterocycles. The first-order chi connectivity index (χ1) is 12.9. The first-order valence-electron chi connectivity index (χ1n) is 11.7. The van der Waals surface area contributed by atoms with Crippen LogP contribution in [0, 0.1) is 58.7 Å². The van der Waals surface area contributed by atoms with Gasteiger partial charge in [-0.3, -0.25) is 4.79 Å². The Morgan fingerprint density at radius 2 is 1.70 bits per heavy atom. The van der Waals surface area contributed by atoms with Crippen molar-refractivity contribution in [3.05, 3.63) is 0 Å². The molecule has 0 unspecified atom stereocenters. The number of hydrogen-bond donors (Lipinski definition) is 1. The highest BCUT2D eigenvalue weighted by molar-refractivity contribution is 5.79. The number of carbonyl (C=O) groups excluding carboxylic acids is 1. The molecule has 5 aliphatic rings. The molecule has 0 saturated heterocycles. The molecule has 5 fully saturated rings. The summed E-state index contributed by atoms with van der Waals surface area (Å²) in [6.07, 6.45) is 13.0. The van der Waals surface area contributed by atoms with Crippen LogP contribution in [-0.4, -0.2) is 16.5 Å². The maximum atomic E-state index is 12.2. The van der Waals surface area contributed by atoms with Crippen LogP contribution in [0.25, 0.3) is 0 Å². The molecule has 148 valence electrons. The fraction of sp³-hybridized carbons (Fsp3) is 0.880. The average Bonchev–Trinajstić information content (AvgIpc) is 3.39. The third-order valence-corrected chi connectivity index (χ3v) is 9.59. The van der Waals surface area contributed by atoms with Crippen molar-refractivity contribution in [2.45, 2.75) is 90.1 Å². The van der Waals surface area contributed by atoms with Crippen LogP contribution in [0.4, 0.5) is 0 Å². The molecule has 2 heteroatoms. The minimum atomic E-state index is -0.702. The zero-order valence-electron chi connectivity index (χ0n) is 17.2. The van der Waals surface area contributed by atoms with E-state index in [9.17, 15) is 9.90 Å². The number of ketones is 1. The van der Waals surface area contributed by atoms with Gasteiger partial charge in [0, 0.05) is 11.8 Å². The van der Waals surface area contributed by atoms with Crippen LogP contribution >= 0.6 is 0 Å². The Balaban J connectivity index is 1.32. The molecule has 0 aromatic rings. The fourth-order valence-electron chi connectivity index (χ4n) is 8.12. The molecule has 0 radical (unpaired) electrons. The summed E-state index contributed by atoms with van der Waals surface area (Å²) in [5.74, 6) is 11.9. The van der Waals surface area contributed by atoms with Crippen LogP contribution in [0.1, 0.15) is 84.5 Å². The van der Waals surface area contributed by atoms with Crippen molar-refractivity contribution in [2.24, 2.45) is 46.8 Å². The van der Waals surface area contributed by atoms with E-state index in [0.717, 1.165) is 42.9 Å². The van der Waals surface area contributed by atoms with E-state index in [2.05, 4.69) is 18.8 Å². The summed E-state index contributed by atoms with van der Waals surface area (Å²) in [5.41, 5.74) is -0.433. The Morgan fingerprint density at radius 1 is 0.926 bits per heavy atom. The van der Waals surface area contributed by atoms with Crippen LogP contribution < -0.4 is 0 Å². The molecular weight excluding hydrogens is 332 g/mol. The summed E-state index contributed by atoms with van der Waals surface area (Å²) in [6.45, 7) is 4.26. The van der Waals surface area contributed by atoms with E-state index in [1.165, 1.54) is 51.4 Å². The average molecular weight is 369 g/mol. The lowest BCUT2D eigenvalue weighted by Crippen LogP contribution is -2.51. The predicted molar refractivity (Wildman–Crippen MR) is 107 cm³/mol.